The van der Waals surface area contributed by atoms with E-state index in [0.29, 0.717) is 5.88 Å². The molecule has 0 unspecified atom stereocenters. The van der Waals surface area contributed by atoms with Gasteiger partial charge in [-0.1, -0.05) is 32.9 Å². The van der Waals surface area contributed by atoms with E-state index in [2.05, 4.69) is 42.1 Å². The number of rotatable bonds is 4. The Morgan fingerprint density at radius 2 is 2.00 bits per heavy atom. The van der Waals surface area contributed by atoms with E-state index in [9.17, 15) is 0 Å². The molecule has 0 spiro atoms. The maximum Gasteiger partial charge on any atom is 0.239 e. The van der Waals surface area contributed by atoms with Crippen LogP contribution >= 0.6 is 0 Å². The second kappa shape index (κ2) is 5.90. The van der Waals surface area contributed by atoms with Crippen LogP contribution in [0.25, 0.3) is 0 Å². The van der Waals surface area contributed by atoms with E-state index in [1.165, 1.54) is 5.56 Å². The van der Waals surface area contributed by atoms with Gasteiger partial charge in [-0.05, 0) is 30.0 Å². The minimum absolute atomic E-state index is 0.0939. The SMILES string of the molecule is CCNc1cncc(Oc2cccc(C(C)(C)C)c2)n1. The Balaban J connectivity index is 2.19. The highest BCUT2D eigenvalue weighted by Gasteiger charge is 2.14. The molecule has 1 aromatic carbocycles. The zero-order valence-corrected chi connectivity index (χ0v) is 12.5. The molecule has 0 saturated carbocycles. The summed E-state index contributed by atoms with van der Waals surface area (Å²) in [6.07, 6.45) is 3.30. The topological polar surface area (TPSA) is 47.0 Å². The molecule has 2 aromatic rings. The molecule has 0 saturated heterocycles. The second-order valence-corrected chi connectivity index (χ2v) is 5.65. The summed E-state index contributed by atoms with van der Waals surface area (Å²) in [6.45, 7) is 9.35. The first-order chi connectivity index (χ1) is 9.49. The molecule has 4 heteroatoms. The molecule has 4 nitrogen and oxygen atoms in total. The van der Waals surface area contributed by atoms with E-state index in [4.69, 9.17) is 4.74 Å². The largest absolute Gasteiger partial charge is 0.437 e. The summed E-state index contributed by atoms with van der Waals surface area (Å²) in [4.78, 5) is 8.47. The van der Waals surface area contributed by atoms with Crippen LogP contribution in [0.1, 0.15) is 33.3 Å². The molecule has 0 aliphatic rings. The molecule has 0 aliphatic carbocycles. The molecule has 1 heterocycles. The molecule has 106 valence electrons. The fourth-order valence-corrected chi connectivity index (χ4v) is 1.81. The average Bonchev–Trinajstić information content (AvgIpc) is 2.39. The minimum atomic E-state index is 0.0939. The Bertz CT molecular complexity index is 576. The van der Waals surface area contributed by atoms with Crippen LogP contribution in [0.5, 0.6) is 11.6 Å². The summed E-state index contributed by atoms with van der Waals surface area (Å²) in [5.74, 6) is 1.99. The molecule has 0 atom stereocenters. The van der Waals surface area contributed by atoms with Crippen LogP contribution < -0.4 is 10.1 Å². The zero-order chi connectivity index (χ0) is 14.6. The molecule has 2 rings (SSSR count). The monoisotopic (exact) mass is 271 g/mol. The highest BCUT2D eigenvalue weighted by Crippen LogP contribution is 2.27. The van der Waals surface area contributed by atoms with Gasteiger partial charge in [0.05, 0.1) is 12.4 Å². The van der Waals surface area contributed by atoms with Crippen molar-refractivity contribution in [2.24, 2.45) is 0 Å². The first kappa shape index (κ1) is 14.3. The number of anilines is 1. The highest BCUT2D eigenvalue weighted by molar-refractivity contribution is 5.37. The molecule has 0 radical (unpaired) electrons. The third-order valence-corrected chi connectivity index (χ3v) is 2.89. The summed E-state index contributed by atoms with van der Waals surface area (Å²) >= 11 is 0. The summed E-state index contributed by atoms with van der Waals surface area (Å²) in [7, 11) is 0. The van der Waals surface area contributed by atoms with E-state index in [0.717, 1.165) is 18.1 Å². The van der Waals surface area contributed by atoms with E-state index in [1.807, 2.05) is 25.1 Å². The second-order valence-electron chi connectivity index (χ2n) is 5.65. The van der Waals surface area contributed by atoms with Gasteiger partial charge >= 0.3 is 0 Å². The van der Waals surface area contributed by atoms with E-state index >= 15 is 0 Å². The van der Waals surface area contributed by atoms with Gasteiger partial charge in [0.25, 0.3) is 0 Å². The van der Waals surface area contributed by atoms with Gasteiger partial charge in [-0.25, -0.2) is 0 Å². The van der Waals surface area contributed by atoms with Gasteiger partial charge in [-0.2, -0.15) is 4.98 Å². The summed E-state index contributed by atoms with van der Waals surface area (Å²) in [5.41, 5.74) is 1.32. The lowest BCUT2D eigenvalue weighted by Gasteiger charge is -2.19. The van der Waals surface area contributed by atoms with Crippen molar-refractivity contribution < 1.29 is 4.74 Å². The van der Waals surface area contributed by atoms with Gasteiger partial charge in [0.15, 0.2) is 0 Å². The lowest BCUT2D eigenvalue weighted by Crippen LogP contribution is -2.10. The fourth-order valence-electron chi connectivity index (χ4n) is 1.81. The Morgan fingerprint density at radius 1 is 1.20 bits per heavy atom. The molecular weight excluding hydrogens is 250 g/mol. The lowest BCUT2D eigenvalue weighted by atomic mass is 9.87. The van der Waals surface area contributed by atoms with E-state index in [-0.39, 0.29) is 5.41 Å². The maximum atomic E-state index is 5.79. The van der Waals surface area contributed by atoms with Crippen LogP contribution in [0.4, 0.5) is 5.82 Å². The van der Waals surface area contributed by atoms with Crippen LogP contribution in [-0.4, -0.2) is 16.5 Å². The summed E-state index contributed by atoms with van der Waals surface area (Å²) in [5, 5.41) is 3.12. The Kier molecular flexibility index (Phi) is 4.23. The first-order valence-corrected chi connectivity index (χ1v) is 6.83. The molecule has 1 aromatic heterocycles. The van der Waals surface area contributed by atoms with Gasteiger partial charge in [0.1, 0.15) is 11.6 Å². The fraction of sp³-hybridized carbons (Fsp3) is 0.375. The first-order valence-electron chi connectivity index (χ1n) is 6.83. The molecular formula is C16H21N3O. The lowest BCUT2D eigenvalue weighted by molar-refractivity contribution is 0.458. The van der Waals surface area contributed by atoms with Crippen molar-refractivity contribution in [1.82, 2.24) is 9.97 Å². The van der Waals surface area contributed by atoms with Gasteiger partial charge in [0.2, 0.25) is 5.88 Å². The average molecular weight is 271 g/mol. The number of nitrogens with zero attached hydrogens (tertiary/aromatic N) is 2. The van der Waals surface area contributed by atoms with Crippen molar-refractivity contribution in [2.45, 2.75) is 33.1 Å². The van der Waals surface area contributed by atoms with Crippen LogP contribution in [0, 0.1) is 0 Å². The minimum Gasteiger partial charge on any atom is -0.437 e. The third kappa shape index (κ3) is 3.70. The van der Waals surface area contributed by atoms with Crippen molar-refractivity contribution in [3.05, 3.63) is 42.2 Å². The summed E-state index contributed by atoms with van der Waals surface area (Å²) < 4.78 is 5.79. The van der Waals surface area contributed by atoms with Crippen LogP contribution in [0.3, 0.4) is 0 Å². The third-order valence-electron chi connectivity index (χ3n) is 2.89. The Labute approximate surface area is 120 Å². The molecule has 0 fully saturated rings. The van der Waals surface area contributed by atoms with Crippen LogP contribution in [0.15, 0.2) is 36.7 Å². The van der Waals surface area contributed by atoms with Gasteiger partial charge < -0.3 is 10.1 Å². The van der Waals surface area contributed by atoms with Gasteiger partial charge in [0, 0.05) is 6.54 Å². The van der Waals surface area contributed by atoms with Crippen molar-refractivity contribution >= 4 is 5.82 Å². The number of hydrogen-bond donors (Lipinski definition) is 1. The number of aromatic nitrogens is 2. The number of nitrogens with one attached hydrogen (secondary N) is 1. The number of benzene rings is 1. The molecule has 20 heavy (non-hydrogen) atoms. The van der Waals surface area contributed by atoms with Gasteiger partial charge in [-0.3, -0.25) is 4.98 Å². The Hall–Kier alpha value is -2.10. The zero-order valence-electron chi connectivity index (χ0n) is 12.5. The summed E-state index contributed by atoms with van der Waals surface area (Å²) in [6, 6.07) is 8.07. The van der Waals surface area contributed by atoms with E-state index in [1.54, 1.807) is 12.4 Å². The highest BCUT2D eigenvalue weighted by atomic mass is 16.5. The quantitative estimate of drug-likeness (QED) is 0.913. The van der Waals surface area contributed by atoms with Crippen LogP contribution in [0.2, 0.25) is 0 Å². The number of ether oxygens (including phenoxy) is 1. The van der Waals surface area contributed by atoms with Crippen molar-refractivity contribution in [1.29, 1.82) is 0 Å². The van der Waals surface area contributed by atoms with Gasteiger partial charge in [-0.15, -0.1) is 0 Å². The normalized spacial score (nSPS) is 11.2. The predicted molar refractivity (Wildman–Crippen MR) is 81.4 cm³/mol. The van der Waals surface area contributed by atoms with Crippen molar-refractivity contribution in [2.75, 3.05) is 11.9 Å². The smallest absolute Gasteiger partial charge is 0.239 e. The Morgan fingerprint density at radius 3 is 2.70 bits per heavy atom. The van der Waals surface area contributed by atoms with Crippen molar-refractivity contribution in [3.8, 4) is 11.6 Å². The van der Waals surface area contributed by atoms with Crippen molar-refractivity contribution in [3.63, 3.8) is 0 Å². The molecule has 0 bridgehead atoms. The maximum absolute atomic E-state index is 5.79. The molecule has 0 amide bonds. The molecule has 1 N–H and O–H groups in total. The van der Waals surface area contributed by atoms with E-state index < -0.39 is 0 Å². The predicted octanol–water partition coefficient (Wildman–Crippen LogP) is 4.00. The number of hydrogen-bond acceptors (Lipinski definition) is 4. The van der Waals surface area contributed by atoms with Crippen LogP contribution in [-0.2, 0) is 5.41 Å². The standard InChI is InChI=1S/C16H21N3O/c1-5-18-14-10-17-11-15(19-14)20-13-8-6-7-12(9-13)16(2,3)4/h6-11H,5H2,1-4H3,(H,18,19). The molecule has 0 aliphatic heterocycles.